The van der Waals surface area contributed by atoms with Crippen LogP contribution in [0.4, 0.5) is 0 Å². The van der Waals surface area contributed by atoms with Crippen LogP contribution < -0.4 is 10.1 Å². The molecule has 2 atom stereocenters. The summed E-state index contributed by atoms with van der Waals surface area (Å²) in [5.74, 6) is 0.379. The number of hydrogen-bond acceptors (Lipinski definition) is 4. The van der Waals surface area contributed by atoms with Crippen molar-refractivity contribution < 1.29 is 14.3 Å². The molecule has 2 rings (SSSR count). The van der Waals surface area contributed by atoms with Crippen molar-refractivity contribution in [3.8, 4) is 11.8 Å². The zero-order chi connectivity index (χ0) is 17.4. The Hall–Kier alpha value is -2.84. The topological polar surface area (TPSA) is 71.3 Å². The highest BCUT2D eigenvalue weighted by Gasteiger charge is 2.18. The summed E-state index contributed by atoms with van der Waals surface area (Å²) < 4.78 is 10.7. The molecule has 0 aliphatic carbocycles. The van der Waals surface area contributed by atoms with Crippen molar-refractivity contribution in [1.29, 1.82) is 5.26 Å². The van der Waals surface area contributed by atoms with Gasteiger partial charge in [0.25, 0.3) is 0 Å². The molecule has 0 saturated carbocycles. The van der Waals surface area contributed by atoms with Gasteiger partial charge in [0.2, 0.25) is 5.91 Å². The summed E-state index contributed by atoms with van der Waals surface area (Å²) in [5, 5.41) is 11.9. The van der Waals surface area contributed by atoms with E-state index in [1.807, 2.05) is 30.3 Å². The summed E-state index contributed by atoms with van der Waals surface area (Å²) in [6, 6.07) is 18.3. The van der Waals surface area contributed by atoms with Crippen LogP contribution in [0.1, 0.15) is 24.1 Å². The third kappa shape index (κ3) is 4.83. The highest BCUT2D eigenvalue weighted by molar-refractivity contribution is 5.81. The minimum atomic E-state index is -0.724. The van der Waals surface area contributed by atoms with Gasteiger partial charge in [0.15, 0.2) is 0 Å². The van der Waals surface area contributed by atoms with E-state index in [0.29, 0.717) is 17.9 Å². The molecule has 5 nitrogen and oxygen atoms in total. The number of nitrogens with one attached hydrogen (secondary N) is 1. The van der Waals surface area contributed by atoms with Crippen molar-refractivity contribution in [3.63, 3.8) is 0 Å². The van der Waals surface area contributed by atoms with Crippen LogP contribution in [0.2, 0.25) is 0 Å². The molecular formula is C19H20N2O3. The molecule has 0 fully saturated rings. The molecule has 0 saturated heterocycles. The number of nitrogens with zero attached hydrogens (tertiary/aromatic N) is 1. The summed E-state index contributed by atoms with van der Waals surface area (Å²) in [7, 11) is 1.45. The van der Waals surface area contributed by atoms with E-state index in [2.05, 4.69) is 11.4 Å². The van der Waals surface area contributed by atoms with Crippen LogP contribution in [0.15, 0.2) is 54.6 Å². The average molecular weight is 324 g/mol. The smallest absolute Gasteiger partial charge is 0.250 e. The van der Waals surface area contributed by atoms with Crippen molar-refractivity contribution in [2.45, 2.75) is 25.7 Å². The lowest BCUT2D eigenvalue weighted by Gasteiger charge is -2.15. The van der Waals surface area contributed by atoms with Gasteiger partial charge in [-0.05, 0) is 30.2 Å². The van der Waals surface area contributed by atoms with Gasteiger partial charge in [0.1, 0.15) is 24.5 Å². The third-order valence-corrected chi connectivity index (χ3v) is 3.60. The fraction of sp³-hybridized carbons (Fsp3) is 0.263. The second-order valence-corrected chi connectivity index (χ2v) is 5.29. The van der Waals surface area contributed by atoms with Crippen molar-refractivity contribution in [2.75, 3.05) is 7.11 Å². The molecular weight excluding hydrogens is 304 g/mol. The van der Waals surface area contributed by atoms with E-state index in [1.54, 1.807) is 31.2 Å². The molecule has 5 heteroatoms. The number of benzene rings is 2. The van der Waals surface area contributed by atoms with Crippen LogP contribution in [0, 0.1) is 11.3 Å². The first kappa shape index (κ1) is 17.5. The molecule has 0 aromatic heterocycles. The SMILES string of the molecule is COC(C)C(=O)NC(C#N)c1ccc(OCc2ccccc2)cc1. The molecule has 0 spiro atoms. The standard InChI is InChI=1S/C19H20N2O3/c1-14(23-2)19(22)21-18(12-20)16-8-10-17(11-9-16)24-13-15-6-4-3-5-7-15/h3-11,14,18H,13H2,1-2H3,(H,21,22). The molecule has 0 heterocycles. The number of nitriles is 1. The van der Waals surface area contributed by atoms with Crippen LogP contribution in [0.5, 0.6) is 5.75 Å². The maximum Gasteiger partial charge on any atom is 0.250 e. The number of amides is 1. The number of ether oxygens (including phenoxy) is 2. The second-order valence-electron chi connectivity index (χ2n) is 5.29. The Bertz CT molecular complexity index is 693. The van der Waals surface area contributed by atoms with E-state index < -0.39 is 12.1 Å². The van der Waals surface area contributed by atoms with Gasteiger partial charge < -0.3 is 14.8 Å². The van der Waals surface area contributed by atoms with Crippen LogP contribution in [-0.4, -0.2) is 19.1 Å². The summed E-state index contributed by atoms with van der Waals surface area (Å²) in [6.07, 6.45) is -0.602. The fourth-order valence-corrected chi connectivity index (χ4v) is 2.05. The number of methoxy groups -OCH3 is 1. The summed E-state index contributed by atoms with van der Waals surface area (Å²) in [5.41, 5.74) is 1.78. The predicted molar refractivity (Wildman–Crippen MR) is 90.2 cm³/mol. The Morgan fingerprint density at radius 3 is 2.42 bits per heavy atom. The monoisotopic (exact) mass is 324 g/mol. The third-order valence-electron chi connectivity index (χ3n) is 3.60. The van der Waals surface area contributed by atoms with Crippen LogP contribution in [-0.2, 0) is 16.1 Å². The largest absolute Gasteiger partial charge is 0.489 e. The Kier molecular flexibility index (Phi) is 6.35. The molecule has 2 aromatic rings. The van der Waals surface area contributed by atoms with E-state index in [9.17, 15) is 10.1 Å². The molecule has 0 aliphatic heterocycles. The predicted octanol–water partition coefficient (Wildman–Crippen LogP) is 2.98. The van der Waals surface area contributed by atoms with Gasteiger partial charge in [0, 0.05) is 7.11 Å². The zero-order valence-corrected chi connectivity index (χ0v) is 13.7. The van der Waals surface area contributed by atoms with E-state index in [4.69, 9.17) is 9.47 Å². The first-order valence-corrected chi connectivity index (χ1v) is 7.63. The zero-order valence-electron chi connectivity index (χ0n) is 13.7. The van der Waals surface area contributed by atoms with E-state index in [-0.39, 0.29) is 5.91 Å². The highest BCUT2D eigenvalue weighted by Crippen LogP contribution is 2.19. The molecule has 1 N–H and O–H groups in total. The minimum absolute atomic E-state index is 0.326. The van der Waals surface area contributed by atoms with Gasteiger partial charge in [-0.15, -0.1) is 0 Å². The lowest BCUT2D eigenvalue weighted by Crippen LogP contribution is -2.36. The van der Waals surface area contributed by atoms with E-state index in [1.165, 1.54) is 7.11 Å². The summed E-state index contributed by atoms with van der Waals surface area (Å²) in [4.78, 5) is 11.8. The van der Waals surface area contributed by atoms with Crippen LogP contribution >= 0.6 is 0 Å². The molecule has 2 aromatic carbocycles. The lowest BCUT2D eigenvalue weighted by atomic mass is 10.1. The highest BCUT2D eigenvalue weighted by atomic mass is 16.5. The first-order valence-electron chi connectivity index (χ1n) is 7.63. The van der Waals surface area contributed by atoms with Gasteiger partial charge in [-0.1, -0.05) is 42.5 Å². The Morgan fingerprint density at radius 1 is 1.17 bits per heavy atom. The Morgan fingerprint density at radius 2 is 1.83 bits per heavy atom. The lowest BCUT2D eigenvalue weighted by molar-refractivity contribution is -0.130. The molecule has 124 valence electrons. The van der Waals surface area contributed by atoms with E-state index in [0.717, 1.165) is 5.56 Å². The molecule has 24 heavy (non-hydrogen) atoms. The maximum atomic E-state index is 11.8. The number of carbonyl (C=O) groups excluding carboxylic acids is 1. The van der Waals surface area contributed by atoms with Gasteiger partial charge in [-0.25, -0.2) is 0 Å². The first-order chi connectivity index (χ1) is 11.6. The number of carbonyl (C=O) groups is 1. The molecule has 0 bridgehead atoms. The molecule has 0 radical (unpaired) electrons. The van der Waals surface area contributed by atoms with E-state index >= 15 is 0 Å². The van der Waals surface area contributed by atoms with Crippen molar-refractivity contribution in [3.05, 3.63) is 65.7 Å². The second kappa shape index (κ2) is 8.70. The van der Waals surface area contributed by atoms with Crippen molar-refractivity contribution in [1.82, 2.24) is 5.32 Å². The van der Waals surface area contributed by atoms with Crippen molar-refractivity contribution in [2.24, 2.45) is 0 Å². The normalized spacial score (nSPS) is 12.7. The summed E-state index contributed by atoms with van der Waals surface area (Å²) >= 11 is 0. The maximum absolute atomic E-state index is 11.8. The quantitative estimate of drug-likeness (QED) is 0.850. The summed E-state index contributed by atoms with van der Waals surface area (Å²) in [6.45, 7) is 2.11. The molecule has 0 aliphatic rings. The van der Waals surface area contributed by atoms with Gasteiger partial charge in [-0.3, -0.25) is 4.79 Å². The fourth-order valence-electron chi connectivity index (χ4n) is 2.05. The molecule has 1 amide bonds. The van der Waals surface area contributed by atoms with Gasteiger partial charge in [-0.2, -0.15) is 5.26 Å². The van der Waals surface area contributed by atoms with Gasteiger partial charge in [0.05, 0.1) is 6.07 Å². The Labute approximate surface area is 141 Å². The minimum Gasteiger partial charge on any atom is -0.489 e. The Balaban J connectivity index is 1.97. The molecule has 2 unspecified atom stereocenters. The number of hydrogen-bond donors (Lipinski definition) is 1. The van der Waals surface area contributed by atoms with Crippen molar-refractivity contribution >= 4 is 5.91 Å². The average Bonchev–Trinajstić information content (AvgIpc) is 2.65. The van der Waals surface area contributed by atoms with Crippen LogP contribution in [0.25, 0.3) is 0 Å². The van der Waals surface area contributed by atoms with Gasteiger partial charge >= 0.3 is 0 Å². The number of rotatable bonds is 7. The van der Waals surface area contributed by atoms with Crippen LogP contribution in [0.3, 0.4) is 0 Å².